The third-order valence-corrected chi connectivity index (χ3v) is 4.41. The van der Waals surface area contributed by atoms with Gasteiger partial charge in [0.25, 0.3) is 5.91 Å². The Hall–Kier alpha value is -0.900. The van der Waals surface area contributed by atoms with E-state index in [9.17, 15) is 9.18 Å². The molecule has 4 heteroatoms. The molecule has 19 heavy (non-hydrogen) atoms. The molecule has 0 radical (unpaired) electrons. The van der Waals surface area contributed by atoms with E-state index in [1.54, 1.807) is 6.07 Å². The number of hydrogen-bond acceptors (Lipinski definition) is 1. The van der Waals surface area contributed by atoms with Gasteiger partial charge in [-0.2, -0.15) is 0 Å². The molecule has 1 aliphatic rings. The highest BCUT2D eigenvalue weighted by atomic mass is 79.9. The number of nitrogens with one attached hydrogen (secondary N) is 1. The molecule has 0 atom stereocenters. The van der Waals surface area contributed by atoms with Gasteiger partial charge in [0.15, 0.2) is 0 Å². The minimum Gasteiger partial charge on any atom is -0.352 e. The first-order valence-electron chi connectivity index (χ1n) is 6.90. The van der Waals surface area contributed by atoms with Gasteiger partial charge in [-0.25, -0.2) is 4.39 Å². The molecule has 1 aliphatic carbocycles. The van der Waals surface area contributed by atoms with Gasteiger partial charge in [0.05, 0.1) is 5.56 Å². The van der Waals surface area contributed by atoms with Crippen molar-refractivity contribution in [2.75, 3.05) is 6.54 Å². The summed E-state index contributed by atoms with van der Waals surface area (Å²) in [4.78, 5) is 11.9. The average molecular weight is 328 g/mol. The summed E-state index contributed by atoms with van der Waals surface area (Å²) in [6, 6.07) is 4.15. The van der Waals surface area contributed by atoms with E-state index in [1.807, 2.05) is 0 Å². The van der Waals surface area contributed by atoms with Crippen LogP contribution in [-0.2, 0) is 0 Å². The van der Waals surface area contributed by atoms with Gasteiger partial charge in [-0.3, -0.25) is 4.79 Å². The molecule has 1 aromatic rings. The first-order valence-corrected chi connectivity index (χ1v) is 7.69. The zero-order valence-electron chi connectivity index (χ0n) is 10.9. The number of hydrogen-bond donors (Lipinski definition) is 1. The van der Waals surface area contributed by atoms with Crippen molar-refractivity contribution in [1.29, 1.82) is 0 Å². The number of carbonyl (C=O) groups excluding carboxylic acids is 1. The summed E-state index contributed by atoms with van der Waals surface area (Å²) in [6.45, 7) is 0.665. The van der Waals surface area contributed by atoms with E-state index in [2.05, 4.69) is 21.2 Å². The van der Waals surface area contributed by atoms with Gasteiger partial charge in [-0.15, -0.1) is 0 Å². The van der Waals surface area contributed by atoms with Crippen molar-refractivity contribution in [2.24, 2.45) is 5.92 Å². The summed E-state index contributed by atoms with van der Waals surface area (Å²) < 4.78 is 13.7. The van der Waals surface area contributed by atoms with E-state index in [0.717, 1.165) is 12.3 Å². The van der Waals surface area contributed by atoms with Crippen molar-refractivity contribution in [2.45, 2.75) is 38.5 Å². The summed E-state index contributed by atoms with van der Waals surface area (Å²) in [7, 11) is 0. The molecule has 104 valence electrons. The minimum absolute atomic E-state index is 0.210. The molecule has 0 unspecified atom stereocenters. The second-order valence-corrected chi connectivity index (χ2v) is 6.03. The molecule has 1 saturated carbocycles. The van der Waals surface area contributed by atoms with Gasteiger partial charge in [-0.1, -0.05) is 25.7 Å². The Morgan fingerprint density at radius 2 is 2.11 bits per heavy atom. The molecule has 0 saturated heterocycles. The van der Waals surface area contributed by atoms with Crippen molar-refractivity contribution in [1.82, 2.24) is 5.32 Å². The molecule has 0 bridgehead atoms. The lowest BCUT2D eigenvalue weighted by Crippen LogP contribution is -2.25. The Kier molecular flexibility index (Phi) is 5.37. The molecular formula is C15H19BrFNO. The quantitative estimate of drug-likeness (QED) is 0.803. The molecule has 1 N–H and O–H groups in total. The van der Waals surface area contributed by atoms with E-state index in [1.165, 1.54) is 44.2 Å². The van der Waals surface area contributed by atoms with Crippen LogP contribution >= 0.6 is 15.9 Å². The molecule has 2 rings (SSSR count). The number of benzene rings is 1. The standard InChI is InChI=1S/C15H19BrFNO/c16-14-8-7-12(17)10-13(14)15(19)18-9-3-6-11-4-1-2-5-11/h7-8,10-11H,1-6,9H2,(H,18,19). The third-order valence-electron chi connectivity index (χ3n) is 3.72. The van der Waals surface area contributed by atoms with Crippen molar-refractivity contribution < 1.29 is 9.18 Å². The highest BCUT2D eigenvalue weighted by Crippen LogP contribution is 2.28. The summed E-state index contributed by atoms with van der Waals surface area (Å²) in [5.41, 5.74) is 0.362. The summed E-state index contributed by atoms with van der Waals surface area (Å²) >= 11 is 3.27. The Bertz CT molecular complexity index is 444. The van der Waals surface area contributed by atoms with Crippen LogP contribution in [0.15, 0.2) is 22.7 Å². The maximum Gasteiger partial charge on any atom is 0.252 e. The number of amides is 1. The van der Waals surface area contributed by atoms with Gasteiger partial charge in [0.2, 0.25) is 0 Å². The predicted octanol–water partition coefficient (Wildman–Crippen LogP) is 4.29. The van der Waals surface area contributed by atoms with Crippen LogP contribution < -0.4 is 5.32 Å². The second-order valence-electron chi connectivity index (χ2n) is 5.17. The van der Waals surface area contributed by atoms with Crippen molar-refractivity contribution in [3.8, 4) is 0 Å². The molecule has 0 aliphatic heterocycles. The molecule has 0 spiro atoms. The first-order chi connectivity index (χ1) is 9.16. The maximum absolute atomic E-state index is 13.1. The summed E-state index contributed by atoms with van der Waals surface area (Å²) in [5, 5.41) is 2.86. The zero-order valence-corrected chi connectivity index (χ0v) is 12.5. The van der Waals surface area contributed by atoms with Crippen molar-refractivity contribution >= 4 is 21.8 Å². The molecular weight excluding hydrogens is 309 g/mol. The maximum atomic E-state index is 13.1. The number of rotatable bonds is 5. The fraction of sp³-hybridized carbons (Fsp3) is 0.533. The van der Waals surface area contributed by atoms with Gasteiger partial charge < -0.3 is 5.32 Å². The average Bonchev–Trinajstić information content (AvgIpc) is 2.90. The van der Waals surface area contributed by atoms with Gasteiger partial charge >= 0.3 is 0 Å². The third kappa shape index (κ3) is 4.30. The second kappa shape index (κ2) is 7.04. The smallest absolute Gasteiger partial charge is 0.252 e. The van der Waals surface area contributed by atoms with E-state index < -0.39 is 0 Å². The van der Waals surface area contributed by atoms with Crippen LogP contribution in [0.25, 0.3) is 0 Å². The minimum atomic E-state index is -0.390. The van der Waals surface area contributed by atoms with E-state index in [0.29, 0.717) is 16.6 Å². The Morgan fingerprint density at radius 3 is 2.84 bits per heavy atom. The molecule has 2 nitrogen and oxygen atoms in total. The molecule has 1 amide bonds. The van der Waals surface area contributed by atoms with Crippen LogP contribution in [0.3, 0.4) is 0 Å². The van der Waals surface area contributed by atoms with Gasteiger partial charge in [0, 0.05) is 11.0 Å². The fourth-order valence-corrected chi connectivity index (χ4v) is 3.09. The monoisotopic (exact) mass is 327 g/mol. The van der Waals surface area contributed by atoms with Crippen LogP contribution in [0.4, 0.5) is 4.39 Å². The number of halogens is 2. The molecule has 0 aromatic heterocycles. The predicted molar refractivity (Wildman–Crippen MR) is 77.6 cm³/mol. The Morgan fingerprint density at radius 1 is 1.37 bits per heavy atom. The van der Waals surface area contributed by atoms with Crippen LogP contribution in [0, 0.1) is 11.7 Å². The first kappa shape index (κ1) is 14.5. The Balaban J connectivity index is 1.75. The lowest BCUT2D eigenvalue weighted by atomic mass is 10.0. The molecule has 1 fully saturated rings. The van der Waals surface area contributed by atoms with E-state index in [-0.39, 0.29) is 11.7 Å². The van der Waals surface area contributed by atoms with Crippen molar-refractivity contribution in [3.63, 3.8) is 0 Å². The number of carbonyl (C=O) groups is 1. The largest absolute Gasteiger partial charge is 0.352 e. The lowest BCUT2D eigenvalue weighted by molar-refractivity contribution is 0.0951. The van der Waals surface area contributed by atoms with E-state index >= 15 is 0 Å². The van der Waals surface area contributed by atoms with Gasteiger partial charge in [-0.05, 0) is 52.9 Å². The van der Waals surface area contributed by atoms with Crippen LogP contribution in [0.1, 0.15) is 48.9 Å². The van der Waals surface area contributed by atoms with Crippen LogP contribution in [0.5, 0.6) is 0 Å². The van der Waals surface area contributed by atoms with Crippen LogP contribution in [-0.4, -0.2) is 12.5 Å². The fourth-order valence-electron chi connectivity index (χ4n) is 2.66. The SMILES string of the molecule is O=C(NCCCC1CCCC1)c1cc(F)ccc1Br. The highest BCUT2D eigenvalue weighted by molar-refractivity contribution is 9.10. The normalized spacial score (nSPS) is 15.7. The van der Waals surface area contributed by atoms with Crippen molar-refractivity contribution in [3.05, 3.63) is 34.1 Å². The van der Waals surface area contributed by atoms with Gasteiger partial charge in [0.1, 0.15) is 5.82 Å². The zero-order chi connectivity index (χ0) is 13.7. The summed E-state index contributed by atoms with van der Waals surface area (Å²) in [6.07, 6.45) is 7.57. The topological polar surface area (TPSA) is 29.1 Å². The Labute approximate surface area is 121 Å². The summed E-state index contributed by atoms with van der Waals surface area (Å²) in [5.74, 6) is 0.245. The highest BCUT2D eigenvalue weighted by Gasteiger charge is 2.15. The van der Waals surface area contributed by atoms with E-state index in [4.69, 9.17) is 0 Å². The molecule has 1 aromatic carbocycles. The lowest BCUT2D eigenvalue weighted by Gasteiger charge is -2.10. The molecule has 0 heterocycles. The van der Waals surface area contributed by atoms with Crippen LogP contribution in [0.2, 0.25) is 0 Å².